The first-order valence-electron chi connectivity index (χ1n) is 7.36. The third kappa shape index (κ3) is 4.23. The summed E-state index contributed by atoms with van der Waals surface area (Å²) in [6, 6.07) is 11.6. The van der Waals surface area contributed by atoms with Gasteiger partial charge in [-0.05, 0) is 29.8 Å². The van der Waals surface area contributed by atoms with Crippen molar-refractivity contribution in [1.29, 1.82) is 0 Å². The average Bonchev–Trinajstić information content (AvgIpc) is 3.21. The summed E-state index contributed by atoms with van der Waals surface area (Å²) in [5, 5.41) is 3.46. The Balaban J connectivity index is 1.74. The normalized spacial score (nSPS) is 12.0. The van der Waals surface area contributed by atoms with Gasteiger partial charge in [0.05, 0.1) is 0 Å². The highest BCUT2D eigenvalue weighted by atomic mass is 35.5. The second-order valence-electron chi connectivity index (χ2n) is 5.32. The van der Waals surface area contributed by atoms with Crippen LogP contribution >= 0.6 is 11.6 Å². The zero-order valence-corrected chi connectivity index (χ0v) is 13.2. The van der Waals surface area contributed by atoms with Crippen LogP contribution in [0.25, 0.3) is 0 Å². The van der Waals surface area contributed by atoms with E-state index in [1.807, 2.05) is 48.8 Å². The number of aromatic amines is 1. The Labute approximate surface area is 139 Å². The maximum Gasteiger partial charge on any atom is 0.227 e. The van der Waals surface area contributed by atoms with Crippen LogP contribution in [-0.4, -0.2) is 20.4 Å². The summed E-state index contributed by atoms with van der Waals surface area (Å²) in [6.45, 7) is 0.722. The number of carbonyl (C=O) groups excluding carboxylic acids is 1. The Morgan fingerprint density at radius 3 is 2.65 bits per heavy atom. The van der Waals surface area contributed by atoms with Gasteiger partial charge in [-0.3, -0.25) is 10.1 Å². The third-order valence-electron chi connectivity index (χ3n) is 3.63. The van der Waals surface area contributed by atoms with Crippen molar-refractivity contribution in [3.05, 3.63) is 71.8 Å². The fourth-order valence-electron chi connectivity index (χ4n) is 2.51. The van der Waals surface area contributed by atoms with Gasteiger partial charge < -0.3 is 9.55 Å². The van der Waals surface area contributed by atoms with Crippen molar-refractivity contribution in [2.45, 2.75) is 18.9 Å². The topological polar surface area (TPSA) is 62.7 Å². The number of carbonyl (C=O) groups is 1. The average molecular weight is 329 g/mol. The van der Waals surface area contributed by atoms with Crippen LogP contribution in [0.15, 0.2) is 61.2 Å². The van der Waals surface area contributed by atoms with Crippen molar-refractivity contribution in [3.8, 4) is 0 Å². The molecular formula is C17H17ClN4O. The van der Waals surface area contributed by atoms with E-state index in [1.54, 1.807) is 12.4 Å². The van der Waals surface area contributed by atoms with E-state index >= 15 is 0 Å². The van der Waals surface area contributed by atoms with E-state index in [2.05, 4.69) is 19.9 Å². The molecule has 0 unspecified atom stereocenters. The molecule has 0 fully saturated rings. The summed E-state index contributed by atoms with van der Waals surface area (Å²) in [5.74, 6) is 0.438. The van der Waals surface area contributed by atoms with E-state index in [0.717, 1.165) is 12.1 Å². The number of hydrogen-bond donors (Lipinski definition) is 2. The lowest BCUT2D eigenvalue weighted by Gasteiger charge is -2.18. The molecule has 0 bridgehead atoms. The van der Waals surface area contributed by atoms with Gasteiger partial charge in [0.25, 0.3) is 0 Å². The zero-order chi connectivity index (χ0) is 16.1. The number of halogens is 1. The molecule has 118 valence electrons. The predicted octanol–water partition coefficient (Wildman–Crippen LogP) is 3.68. The SMILES string of the molecule is O=C(C[C@@H](Cn1cccc1)c1ccc(Cl)cc1)Nc1ncc[nH]1. The molecule has 2 aromatic heterocycles. The van der Waals surface area contributed by atoms with Crippen LogP contribution in [0.1, 0.15) is 17.9 Å². The number of anilines is 1. The molecule has 0 aliphatic heterocycles. The Morgan fingerprint density at radius 2 is 2.00 bits per heavy atom. The number of nitrogens with one attached hydrogen (secondary N) is 2. The molecule has 0 aliphatic carbocycles. The Bertz CT molecular complexity index is 736. The van der Waals surface area contributed by atoms with Gasteiger partial charge in [-0.1, -0.05) is 23.7 Å². The van der Waals surface area contributed by atoms with Crippen LogP contribution < -0.4 is 5.32 Å². The van der Waals surface area contributed by atoms with E-state index in [9.17, 15) is 4.79 Å². The maximum absolute atomic E-state index is 12.3. The number of rotatable bonds is 6. The van der Waals surface area contributed by atoms with E-state index < -0.39 is 0 Å². The number of benzene rings is 1. The highest BCUT2D eigenvalue weighted by Gasteiger charge is 2.17. The zero-order valence-electron chi connectivity index (χ0n) is 12.4. The van der Waals surface area contributed by atoms with E-state index in [0.29, 0.717) is 17.4 Å². The van der Waals surface area contributed by atoms with Gasteiger partial charge in [0.15, 0.2) is 0 Å². The number of imidazole rings is 1. The fourth-order valence-corrected chi connectivity index (χ4v) is 2.64. The van der Waals surface area contributed by atoms with Crippen molar-refractivity contribution < 1.29 is 4.79 Å². The fraction of sp³-hybridized carbons (Fsp3) is 0.176. The minimum Gasteiger partial charge on any atom is -0.354 e. The highest BCUT2D eigenvalue weighted by Crippen LogP contribution is 2.24. The van der Waals surface area contributed by atoms with Crippen LogP contribution in [0.2, 0.25) is 5.02 Å². The predicted molar refractivity (Wildman–Crippen MR) is 90.5 cm³/mol. The number of H-pyrrole nitrogens is 1. The van der Waals surface area contributed by atoms with E-state index in [4.69, 9.17) is 11.6 Å². The lowest BCUT2D eigenvalue weighted by atomic mass is 9.95. The Hall–Kier alpha value is -2.53. The number of hydrogen-bond acceptors (Lipinski definition) is 2. The van der Waals surface area contributed by atoms with Crippen molar-refractivity contribution in [2.75, 3.05) is 5.32 Å². The molecule has 0 radical (unpaired) electrons. The minimum atomic E-state index is -0.0768. The molecule has 3 rings (SSSR count). The molecule has 0 spiro atoms. The van der Waals surface area contributed by atoms with Gasteiger partial charge >= 0.3 is 0 Å². The molecule has 1 aromatic carbocycles. The molecule has 23 heavy (non-hydrogen) atoms. The molecule has 2 heterocycles. The largest absolute Gasteiger partial charge is 0.354 e. The van der Waals surface area contributed by atoms with Gasteiger partial charge in [-0.15, -0.1) is 0 Å². The standard InChI is InChI=1S/C17H17ClN4O/c18-15-5-3-13(4-6-15)14(12-22-9-1-2-10-22)11-16(23)21-17-19-7-8-20-17/h1-10,14H,11-12H2,(H2,19,20,21,23)/t14-/m0/s1. The number of aromatic nitrogens is 3. The summed E-state index contributed by atoms with van der Waals surface area (Å²) in [7, 11) is 0. The summed E-state index contributed by atoms with van der Waals surface area (Å²) in [4.78, 5) is 19.2. The van der Waals surface area contributed by atoms with Gasteiger partial charge in [0.2, 0.25) is 11.9 Å². The van der Waals surface area contributed by atoms with Crippen molar-refractivity contribution in [3.63, 3.8) is 0 Å². The van der Waals surface area contributed by atoms with Crippen molar-refractivity contribution in [2.24, 2.45) is 0 Å². The van der Waals surface area contributed by atoms with Crippen LogP contribution in [0.4, 0.5) is 5.95 Å². The van der Waals surface area contributed by atoms with Gasteiger partial charge in [-0.2, -0.15) is 0 Å². The molecule has 0 saturated carbocycles. The molecular weight excluding hydrogens is 312 g/mol. The van der Waals surface area contributed by atoms with Crippen molar-refractivity contribution >= 4 is 23.5 Å². The molecule has 3 aromatic rings. The number of nitrogens with zero attached hydrogens (tertiary/aromatic N) is 2. The van der Waals surface area contributed by atoms with Gasteiger partial charge in [0, 0.05) is 48.7 Å². The molecule has 5 nitrogen and oxygen atoms in total. The Kier molecular flexibility index (Phi) is 4.78. The lowest BCUT2D eigenvalue weighted by Crippen LogP contribution is -2.19. The lowest BCUT2D eigenvalue weighted by molar-refractivity contribution is -0.116. The first-order chi connectivity index (χ1) is 11.2. The summed E-state index contributed by atoms with van der Waals surface area (Å²) in [5.41, 5.74) is 1.08. The molecule has 1 atom stereocenters. The van der Waals surface area contributed by atoms with Crippen LogP contribution in [0.3, 0.4) is 0 Å². The second kappa shape index (κ2) is 7.15. The molecule has 0 aliphatic rings. The summed E-state index contributed by atoms with van der Waals surface area (Å²) >= 11 is 5.96. The molecule has 2 N–H and O–H groups in total. The monoisotopic (exact) mass is 328 g/mol. The van der Waals surface area contributed by atoms with Crippen LogP contribution in [0.5, 0.6) is 0 Å². The van der Waals surface area contributed by atoms with Crippen LogP contribution in [-0.2, 0) is 11.3 Å². The molecule has 1 amide bonds. The highest BCUT2D eigenvalue weighted by molar-refractivity contribution is 6.30. The Morgan fingerprint density at radius 1 is 1.26 bits per heavy atom. The van der Waals surface area contributed by atoms with Crippen molar-refractivity contribution in [1.82, 2.24) is 14.5 Å². The summed E-state index contributed by atoms with van der Waals surface area (Å²) in [6.07, 6.45) is 7.62. The van der Waals surface area contributed by atoms with Gasteiger partial charge in [0.1, 0.15) is 0 Å². The van der Waals surface area contributed by atoms with Crippen LogP contribution in [0, 0.1) is 0 Å². The first kappa shape index (κ1) is 15.4. The van der Waals surface area contributed by atoms with E-state index in [1.165, 1.54) is 0 Å². The smallest absolute Gasteiger partial charge is 0.227 e. The maximum atomic E-state index is 12.3. The first-order valence-corrected chi connectivity index (χ1v) is 7.74. The summed E-state index contributed by atoms with van der Waals surface area (Å²) < 4.78 is 2.07. The molecule has 0 saturated heterocycles. The van der Waals surface area contributed by atoms with E-state index in [-0.39, 0.29) is 11.8 Å². The second-order valence-corrected chi connectivity index (χ2v) is 5.75. The molecule has 6 heteroatoms. The minimum absolute atomic E-state index is 0.0506. The third-order valence-corrected chi connectivity index (χ3v) is 3.88. The quantitative estimate of drug-likeness (QED) is 0.725. The van der Waals surface area contributed by atoms with Gasteiger partial charge in [-0.25, -0.2) is 4.98 Å². The number of amides is 1.